The van der Waals surface area contributed by atoms with Crippen molar-refractivity contribution in [3.63, 3.8) is 0 Å². The topological polar surface area (TPSA) is 75.4 Å². The van der Waals surface area contributed by atoms with Gasteiger partial charge in [-0.3, -0.25) is 4.79 Å². The summed E-state index contributed by atoms with van der Waals surface area (Å²) in [5, 5.41) is 13.2. The molecule has 1 aliphatic rings. The van der Waals surface area contributed by atoms with E-state index in [1.165, 1.54) is 0 Å². The molecule has 2 atom stereocenters. The maximum Gasteiger partial charge on any atom is 0.248 e. The van der Waals surface area contributed by atoms with Gasteiger partial charge in [0.15, 0.2) is 0 Å². The van der Waals surface area contributed by atoms with Crippen molar-refractivity contribution in [1.29, 1.82) is 0 Å². The third-order valence-corrected chi connectivity index (χ3v) is 3.51. The second kappa shape index (κ2) is 5.98. The minimum Gasteiger partial charge on any atom is -0.392 e. The second-order valence-corrected chi connectivity index (χ2v) is 4.90. The zero-order chi connectivity index (χ0) is 13.0. The van der Waals surface area contributed by atoms with Gasteiger partial charge in [-0.1, -0.05) is 25.0 Å². The van der Waals surface area contributed by atoms with Crippen molar-refractivity contribution >= 4 is 5.91 Å². The standard InChI is InChI=1S/C14H20N2O2/c15-14(18)11-5-3-4-10(8-11)9-16-12-6-1-2-7-13(12)17/h3-5,8,12-13,16-17H,1-2,6-7,9H2,(H2,15,18). The molecule has 0 heterocycles. The van der Waals surface area contributed by atoms with Crippen LogP contribution in [0.25, 0.3) is 0 Å². The molecule has 1 aliphatic carbocycles. The van der Waals surface area contributed by atoms with Gasteiger partial charge in [0, 0.05) is 18.2 Å². The third-order valence-electron chi connectivity index (χ3n) is 3.51. The maximum absolute atomic E-state index is 11.1. The first kappa shape index (κ1) is 13.1. The van der Waals surface area contributed by atoms with Gasteiger partial charge in [0.05, 0.1) is 6.10 Å². The number of primary amides is 1. The molecule has 1 aromatic rings. The summed E-state index contributed by atoms with van der Waals surface area (Å²) >= 11 is 0. The predicted octanol–water partition coefficient (Wildman–Crippen LogP) is 1.18. The van der Waals surface area contributed by atoms with Crippen molar-refractivity contribution in [3.05, 3.63) is 35.4 Å². The first-order chi connectivity index (χ1) is 8.66. The lowest BCUT2D eigenvalue weighted by molar-refractivity contribution is 0.0902. The van der Waals surface area contributed by atoms with Crippen molar-refractivity contribution in [1.82, 2.24) is 5.32 Å². The molecular formula is C14H20N2O2. The molecule has 4 heteroatoms. The molecule has 4 N–H and O–H groups in total. The predicted molar refractivity (Wildman–Crippen MR) is 70.1 cm³/mol. The molecule has 2 rings (SSSR count). The summed E-state index contributed by atoms with van der Waals surface area (Å²) in [4.78, 5) is 11.1. The molecule has 1 saturated carbocycles. The lowest BCUT2D eigenvalue weighted by Gasteiger charge is -2.28. The van der Waals surface area contributed by atoms with E-state index >= 15 is 0 Å². The van der Waals surface area contributed by atoms with E-state index in [9.17, 15) is 9.90 Å². The van der Waals surface area contributed by atoms with E-state index in [1.807, 2.05) is 12.1 Å². The van der Waals surface area contributed by atoms with E-state index in [-0.39, 0.29) is 12.1 Å². The molecule has 98 valence electrons. The van der Waals surface area contributed by atoms with Crippen LogP contribution in [-0.4, -0.2) is 23.2 Å². The van der Waals surface area contributed by atoms with Gasteiger partial charge in [-0.2, -0.15) is 0 Å². The van der Waals surface area contributed by atoms with Gasteiger partial charge >= 0.3 is 0 Å². The highest BCUT2D eigenvalue weighted by Crippen LogP contribution is 2.18. The Balaban J connectivity index is 1.93. The van der Waals surface area contributed by atoms with Gasteiger partial charge in [0.1, 0.15) is 0 Å². The smallest absolute Gasteiger partial charge is 0.248 e. The molecule has 0 saturated heterocycles. The number of carbonyl (C=O) groups excluding carboxylic acids is 1. The van der Waals surface area contributed by atoms with Crippen LogP contribution in [0.3, 0.4) is 0 Å². The number of rotatable bonds is 4. The Labute approximate surface area is 107 Å². The van der Waals surface area contributed by atoms with E-state index in [0.29, 0.717) is 12.1 Å². The van der Waals surface area contributed by atoms with Crippen LogP contribution < -0.4 is 11.1 Å². The van der Waals surface area contributed by atoms with Crippen molar-refractivity contribution < 1.29 is 9.90 Å². The largest absolute Gasteiger partial charge is 0.392 e. The van der Waals surface area contributed by atoms with E-state index in [0.717, 1.165) is 31.2 Å². The summed E-state index contributed by atoms with van der Waals surface area (Å²) in [5.41, 5.74) is 6.79. The zero-order valence-corrected chi connectivity index (χ0v) is 10.4. The van der Waals surface area contributed by atoms with Gasteiger partial charge in [-0.05, 0) is 30.5 Å². The fourth-order valence-electron chi connectivity index (χ4n) is 2.43. The highest BCUT2D eigenvalue weighted by Gasteiger charge is 2.22. The number of nitrogens with one attached hydrogen (secondary N) is 1. The van der Waals surface area contributed by atoms with E-state index in [4.69, 9.17) is 5.73 Å². The molecular weight excluding hydrogens is 228 g/mol. The Kier molecular flexibility index (Phi) is 4.33. The van der Waals surface area contributed by atoms with Gasteiger partial charge in [0.2, 0.25) is 5.91 Å². The molecule has 18 heavy (non-hydrogen) atoms. The molecule has 0 aliphatic heterocycles. The number of nitrogens with two attached hydrogens (primary N) is 1. The SMILES string of the molecule is NC(=O)c1cccc(CNC2CCCCC2O)c1. The van der Waals surface area contributed by atoms with Crippen LogP contribution in [0.15, 0.2) is 24.3 Å². The van der Waals surface area contributed by atoms with E-state index in [2.05, 4.69) is 5.32 Å². The van der Waals surface area contributed by atoms with Gasteiger partial charge < -0.3 is 16.2 Å². The summed E-state index contributed by atoms with van der Waals surface area (Å²) in [6.45, 7) is 0.656. The van der Waals surface area contributed by atoms with Crippen molar-refractivity contribution in [2.75, 3.05) is 0 Å². The number of hydrogen-bond acceptors (Lipinski definition) is 3. The molecule has 1 aromatic carbocycles. The molecule has 0 aromatic heterocycles. The average Bonchev–Trinajstić information content (AvgIpc) is 2.38. The van der Waals surface area contributed by atoms with Crippen LogP contribution in [0.2, 0.25) is 0 Å². The monoisotopic (exact) mass is 248 g/mol. The maximum atomic E-state index is 11.1. The minimum absolute atomic E-state index is 0.163. The highest BCUT2D eigenvalue weighted by atomic mass is 16.3. The zero-order valence-electron chi connectivity index (χ0n) is 10.4. The van der Waals surface area contributed by atoms with Crippen LogP contribution in [-0.2, 0) is 6.54 Å². The fraction of sp³-hybridized carbons (Fsp3) is 0.500. The van der Waals surface area contributed by atoms with E-state index in [1.54, 1.807) is 12.1 Å². The summed E-state index contributed by atoms with van der Waals surface area (Å²) in [5.74, 6) is -0.408. The first-order valence-corrected chi connectivity index (χ1v) is 6.47. The summed E-state index contributed by atoms with van der Waals surface area (Å²) in [6, 6.07) is 7.45. The minimum atomic E-state index is -0.408. The van der Waals surface area contributed by atoms with Crippen LogP contribution >= 0.6 is 0 Å². The van der Waals surface area contributed by atoms with Crippen LogP contribution in [0, 0.1) is 0 Å². The van der Waals surface area contributed by atoms with E-state index < -0.39 is 5.91 Å². The molecule has 0 spiro atoms. The molecule has 1 amide bonds. The average molecular weight is 248 g/mol. The molecule has 4 nitrogen and oxygen atoms in total. The molecule has 0 radical (unpaired) electrons. The van der Waals surface area contributed by atoms with Gasteiger partial charge in [0.25, 0.3) is 0 Å². The normalized spacial score (nSPS) is 23.8. The molecule has 0 bridgehead atoms. The number of hydrogen-bond donors (Lipinski definition) is 3. The quantitative estimate of drug-likeness (QED) is 0.749. The number of carbonyl (C=O) groups is 1. The molecule has 1 fully saturated rings. The van der Waals surface area contributed by atoms with Crippen molar-refractivity contribution in [3.8, 4) is 0 Å². The molecule has 2 unspecified atom stereocenters. The Bertz CT molecular complexity index is 420. The van der Waals surface area contributed by atoms with Crippen LogP contribution in [0.5, 0.6) is 0 Å². The lowest BCUT2D eigenvalue weighted by atomic mass is 9.92. The lowest BCUT2D eigenvalue weighted by Crippen LogP contribution is -2.41. The van der Waals surface area contributed by atoms with Crippen LogP contribution in [0.4, 0.5) is 0 Å². The number of aliphatic hydroxyl groups excluding tert-OH is 1. The van der Waals surface area contributed by atoms with Crippen molar-refractivity contribution in [2.24, 2.45) is 5.73 Å². The summed E-state index contributed by atoms with van der Waals surface area (Å²) in [7, 11) is 0. The number of aliphatic hydroxyl groups is 1. The Morgan fingerprint density at radius 3 is 2.89 bits per heavy atom. The van der Waals surface area contributed by atoms with Crippen LogP contribution in [0.1, 0.15) is 41.6 Å². The number of amides is 1. The Morgan fingerprint density at radius 1 is 1.39 bits per heavy atom. The Morgan fingerprint density at radius 2 is 2.17 bits per heavy atom. The van der Waals surface area contributed by atoms with Gasteiger partial charge in [-0.25, -0.2) is 0 Å². The highest BCUT2D eigenvalue weighted by molar-refractivity contribution is 5.92. The van der Waals surface area contributed by atoms with Gasteiger partial charge in [-0.15, -0.1) is 0 Å². The number of benzene rings is 1. The fourth-order valence-corrected chi connectivity index (χ4v) is 2.43. The summed E-state index contributed by atoms with van der Waals surface area (Å²) < 4.78 is 0. The first-order valence-electron chi connectivity index (χ1n) is 6.47. The Hall–Kier alpha value is -1.39. The van der Waals surface area contributed by atoms with Crippen molar-refractivity contribution in [2.45, 2.75) is 44.4 Å². The summed E-state index contributed by atoms with van der Waals surface area (Å²) in [6.07, 6.45) is 3.90. The third kappa shape index (κ3) is 3.31. The second-order valence-electron chi connectivity index (χ2n) is 4.90.